The van der Waals surface area contributed by atoms with Gasteiger partial charge >= 0.3 is 0 Å². The van der Waals surface area contributed by atoms with E-state index in [4.69, 9.17) is 9.16 Å². The van der Waals surface area contributed by atoms with Crippen molar-refractivity contribution in [2.45, 2.75) is 64.0 Å². The van der Waals surface area contributed by atoms with Crippen LogP contribution in [0.4, 0.5) is 0 Å². The summed E-state index contributed by atoms with van der Waals surface area (Å²) < 4.78 is 11.5. The first kappa shape index (κ1) is 14.7. The van der Waals surface area contributed by atoms with Crippen molar-refractivity contribution >= 4 is 8.32 Å². The smallest absolute Gasteiger partial charge is 0.185 e. The van der Waals surface area contributed by atoms with Crippen molar-refractivity contribution in [3.63, 3.8) is 0 Å². The molecule has 0 saturated heterocycles. The van der Waals surface area contributed by atoms with E-state index in [-0.39, 0.29) is 0 Å². The predicted molar refractivity (Wildman–Crippen MR) is 71.2 cm³/mol. The molecule has 0 N–H and O–H groups in total. The van der Waals surface area contributed by atoms with Gasteiger partial charge in [0.1, 0.15) is 5.60 Å². The minimum Gasteiger partial charge on any atom is -0.400 e. The maximum atomic E-state index is 9.44. The molecule has 1 aliphatic rings. The molecule has 3 nitrogen and oxygen atoms in total. The Morgan fingerprint density at radius 1 is 1.18 bits per heavy atom. The monoisotopic (exact) mass is 255 g/mol. The van der Waals surface area contributed by atoms with Crippen molar-refractivity contribution in [2.75, 3.05) is 7.11 Å². The molecule has 0 aromatic rings. The van der Waals surface area contributed by atoms with Crippen LogP contribution in [0.3, 0.4) is 0 Å². The highest BCUT2D eigenvalue weighted by molar-refractivity contribution is 6.69. The third-order valence-corrected chi connectivity index (χ3v) is 4.56. The first-order valence-corrected chi connectivity index (χ1v) is 9.86. The summed E-state index contributed by atoms with van der Waals surface area (Å²) in [5.41, 5.74) is -0.608. The standard InChI is InChI=1S/C13H25NO2Si/c1-13(10-14,16-17(3,4)5)11-6-8-12(15-2)9-7-11/h11-12H,6-9H2,1-5H3/t11?,12?,13-/m1/s1. The zero-order valence-corrected chi connectivity index (χ0v) is 12.7. The summed E-state index contributed by atoms with van der Waals surface area (Å²) in [5, 5.41) is 9.44. The number of hydrogen-bond donors (Lipinski definition) is 0. The Morgan fingerprint density at radius 3 is 2.06 bits per heavy atom. The molecule has 98 valence electrons. The highest BCUT2D eigenvalue weighted by atomic mass is 28.4. The van der Waals surface area contributed by atoms with E-state index in [0.29, 0.717) is 12.0 Å². The van der Waals surface area contributed by atoms with Gasteiger partial charge in [-0.3, -0.25) is 0 Å². The molecule has 1 rings (SSSR count). The molecule has 17 heavy (non-hydrogen) atoms. The fourth-order valence-electron chi connectivity index (χ4n) is 2.68. The Bertz CT molecular complexity index is 287. The maximum Gasteiger partial charge on any atom is 0.185 e. The van der Waals surface area contributed by atoms with Crippen molar-refractivity contribution in [2.24, 2.45) is 5.92 Å². The number of methoxy groups -OCH3 is 1. The Balaban J connectivity index is 2.66. The SMILES string of the molecule is COC1CCC([C@@](C)(C#N)O[Si](C)(C)C)CC1. The zero-order chi connectivity index (χ0) is 13.1. The van der Waals surface area contributed by atoms with Crippen molar-refractivity contribution in [1.82, 2.24) is 0 Å². The molecule has 1 fully saturated rings. The topological polar surface area (TPSA) is 42.2 Å². The van der Waals surface area contributed by atoms with E-state index in [1.807, 2.05) is 6.92 Å². The number of ether oxygens (including phenoxy) is 1. The molecule has 0 unspecified atom stereocenters. The average Bonchev–Trinajstić information content (AvgIpc) is 2.27. The van der Waals surface area contributed by atoms with Gasteiger partial charge in [-0.2, -0.15) is 5.26 Å². The second-order valence-electron chi connectivity index (χ2n) is 6.14. The Hall–Kier alpha value is -0.373. The third kappa shape index (κ3) is 4.09. The van der Waals surface area contributed by atoms with Crippen molar-refractivity contribution in [3.8, 4) is 6.07 Å². The van der Waals surface area contributed by atoms with E-state index in [9.17, 15) is 5.26 Å². The van der Waals surface area contributed by atoms with E-state index in [2.05, 4.69) is 25.7 Å². The molecule has 1 atom stereocenters. The highest BCUT2D eigenvalue weighted by Crippen LogP contribution is 2.37. The van der Waals surface area contributed by atoms with Gasteiger partial charge in [0.25, 0.3) is 0 Å². The third-order valence-electron chi connectivity index (χ3n) is 3.53. The average molecular weight is 255 g/mol. The first-order chi connectivity index (χ1) is 7.80. The van der Waals surface area contributed by atoms with Crippen molar-refractivity contribution in [3.05, 3.63) is 0 Å². The second-order valence-corrected chi connectivity index (χ2v) is 10.6. The van der Waals surface area contributed by atoms with Gasteiger partial charge in [0.05, 0.1) is 12.2 Å². The predicted octanol–water partition coefficient (Wildman–Crippen LogP) is 3.33. The van der Waals surface area contributed by atoms with Gasteiger partial charge in [-0.15, -0.1) is 0 Å². The molecular formula is C13H25NO2Si. The molecule has 4 heteroatoms. The van der Waals surface area contributed by atoms with Gasteiger partial charge in [-0.05, 0) is 52.2 Å². The molecule has 0 aliphatic heterocycles. The van der Waals surface area contributed by atoms with Crippen molar-refractivity contribution in [1.29, 1.82) is 5.26 Å². The van der Waals surface area contributed by atoms with E-state index < -0.39 is 13.9 Å². The highest BCUT2D eigenvalue weighted by Gasteiger charge is 2.40. The van der Waals surface area contributed by atoms with Gasteiger partial charge in [0.2, 0.25) is 0 Å². The molecule has 1 saturated carbocycles. The number of nitriles is 1. The number of hydrogen-bond acceptors (Lipinski definition) is 3. The lowest BCUT2D eigenvalue weighted by atomic mass is 9.77. The van der Waals surface area contributed by atoms with Crippen LogP contribution in [0.5, 0.6) is 0 Å². The van der Waals surface area contributed by atoms with Gasteiger partial charge in [0.15, 0.2) is 8.32 Å². The number of rotatable bonds is 4. The summed E-state index contributed by atoms with van der Waals surface area (Å²) in [4.78, 5) is 0. The molecular weight excluding hydrogens is 230 g/mol. The van der Waals surface area contributed by atoms with Crippen LogP contribution in [0.25, 0.3) is 0 Å². The van der Waals surface area contributed by atoms with Crippen LogP contribution < -0.4 is 0 Å². The molecule has 0 amide bonds. The van der Waals surface area contributed by atoms with Crippen LogP contribution in [-0.2, 0) is 9.16 Å². The molecule has 0 aromatic heterocycles. The minimum atomic E-state index is -1.68. The Kier molecular flexibility index (Phi) is 4.76. The van der Waals surface area contributed by atoms with Gasteiger partial charge in [-0.25, -0.2) is 0 Å². The molecule has 1 aliphatic carbocycles. The quantitative estimate of drug-likeness (QED) is 0.724. The van der Waals surface area contributed by atoms with E-state index in [1.54, 1.807) is 7.11 Å². The van der Waals surface area contributed by atoms with Crippen LogP contribution in [0, 0.1) is 17.2 Å². The minimum absolute atomic E-state index is 0.352. The van der Waals surface area contributed by atoms with Gasteiger partial charge in [-0.1, -0.05) is 0 Å². The summed E-state index contributed by atoms with van der Waals surface area (Å²) in [5.74, 6) is 0.352. The second kappa shape index (κ2) is 5.51. The Morgan fingerprint density at radius 2 is 1.71 bits per heavy atom. The fraction of sp³-hybridized carbons (Fsp3) is 0.923. The normalized spacial score (nSPS) is 29.4. The summed E-state index contributed by atoms with van der Waals surface area (Å²) in [6.45, 7) is 8.39. The van der Waals surface area contributed by atoms with Crippen LogP contribution in [0.2, 0.25) is 19.6 Å². The van der Waals surface area contributed by atoms with Crippen LogP contribution >= 0.6 is 0 Å². The van der Waals surface area contributed by atoms with Gasteiger partial charge < -0.3 is 9.16 Å². The van der Waals surface area contributed by atoms with Crippen molar-refractivity contribution < 1.29 is 9.16 Å². The van der Waals surface area contributed by atoms with Gasteiger partial charge in [0, 0.05) is 13.0 Å². The molecule has 0 spiro atoms. The molecule has 0 radical (unpaired) electrons. The van der Waals surface area contributed by atoms with E-state index in [0.717, 1.165) is 25.7 Å². The summed E-state index contributed by atoms with van der Waals surface area (Å²) in [6, 6.07) is 2.41. The molecule has 0 bridgehead atoms. The lowest BCUT2D eigenvalue weighted by Crippen LogP contribution is -2.46. The lowest BCUT2D eigenvalue weighted by Gasteiger charge is -2.40. The van der Waals surface area contributed by atoms with E-state index >= 15 is 0 Å². The fourth-order valence-corrected chi connectivity index (χ4v) is 4.17. The van der Waals surface area contributed by atoms with Crippen LogP contribution in [-0.4, -0.2) is 27.1 Å². The van der Waals surface area contributed by atoms with Crippen LogP contribution in [0.1, 0.15) is 32.6 Å². The van der Waals surface area contributed by atoms with E-state index in [1.165, 1.54) is 0 Å². The Labute approximate surface area is 106 Å². The molecule has 0 heterocycles. The number of nitrogens with zero attached hydrogens (tertiary/aromatic N) is 1. The summed E-state index contributed by atoms with van der Waals surface area (Å²) >= 11 is 0. The maximum absolute atomic E-state index is 9.44. The van der Waals surface area contributed by atoms with Crippen LogP contribution in [0.15, 0.2) is 0 Å². The zero-order valence-electron chi connectivity index (χ0n) is 11.7. The summed E-state index contributed by atoms with van der Waals surface area (Å²) in [6.07, 6.45) is 4.54. The molecule has 0 aromatic carbocycles. The lowest BCUT2D eigenvalue weighted by molar-refractivity contribution is 0.00345. The summed E-state index contributed by atoms with van der Waals surface area (Å²) in [7, 11) is 0.0943. The first-order valence-electron chi connectivity index (χ1n) is 6.45. The largest absolute Gasteiger partial charge is 0.400 e.